The van der Waals surface area contributed by atoms with Crippen molar-refractivity contribution in [3.8, 4) is 0 Å². The van der Waals surface area contributed by atoms with Crippen molar-refractivity contribution in [1.82, 2.24) is 4.98 Å². The molecule has 0 aliphatic rings. The van der Waals surface area contributed by atoms with Gasteiger partial charge in [-0.3, -0.25) is 0 Å². The second-order valence-electron chi connectivity index (χ2n) is 2.72. The minimum absolute atomic E-state index is 0.941. The second-order valence-corrected chi connectivity index (χ2v) is 3.61. The molecule has 1 radical (unpaired) electrons. The fourth-order valence-corrected chi connectivity index (χ4v) is 2.06. The van der Waals surface area contributed by atoms with Crippen molar-refractivity contribution in [1.29, 1.82) is 0 Å². The van der Waals surface area contributed by atoms with E-state index in [0.29, 0.717) is 0 Å². The molecule has 1 aromatic carbocycles. The Bertz CT molecular complexity index is 378. The van der Waals surface area contributed by atoms with Gasteiger partial charge in [-0.1, -0.05) is 19.1 Å². The normalized spacial score (nSPS) is 10.8. The number of para-hydroxylation sites is 1. The first kappa shape index (κ1) is 7.74. The van der Waals surface area contributed by atoms with Gasteiger partial charge in [0.25, 0.3) is 0 Å². The molecule has 0 saturated carbocycles. The number of fused-ring (bicyclic) bond motifs is 1. The lowest BCUT2D eigenvalue weighted by atomic mass is 10.1. The van der Waals surface area contributed by atoms with Crippen LogP contribution in [0, 0.1) is 6.92 Å². The van der Waals surface area contributed by atoms with Crippen molar-refractivity contribution in [2.45, 2.75) is 12.8 Å². The highest BCUT2D eigenvalue weighted by Crippen LogP contribution is 2.21. The summed E-state index contributed by atoms with van der Waals surface area (Å²) < 4.78 is 1.28. The smallest absolute Gasteiger partial charge is 0.0843 e. The number of thiazole rings is 1. The predicted octanol–water partition coefficient (Wildman–Crippen LogP) is 3.06. The van der Waals surface area contributed by atoms with E-state index in [1.807, 2.05) is 5.51 Å². The minimum atomic E-state index is 0.941. The minimum Gasteiger partial charge on any atom is -0.244 e. The summed E-state index contributed by atoms with van der Waals surface area (Å²) in [4.78, 5) is 4.33. The molecule has 2 heteroatoms. The SMILES string of the molecule is [CH2]CCc1cccc2scnc12. The summed E-state index contributed by atoms with van der Waals surface area (Å²) in [6.45, 7) is 3.85. The van der Waals surface area contributed by atoms with Crippen LogP contribution in [-0.2, 0) is 6.42 Å². The first-order chi connectivity index (χ1) is 5.92. The van der Waals surface area contributed by atoms with Crippen LogP contribution in [0.5, 0.6) is 0 Å². The van der Waals surface area contributed by atoms with Gasteiger partial charge in [-0.2, -0.15) is 0 Å². The fourth-order valence-electron chi connectivity index (χ4n) is 1.34. The number of hydrogen-bond donors (Lipinski definition) is 0. The molecule has 0 unspecified atom stereocenters. The molecule has 0 N–H and O–H groups in total. The van der Waals surface area contributed by atoms with E-state index in [2.05, 4.69) is 30.1 Å². The van der Waals surface area contributed by atoms with Crippen LogP contribution in [0.3, 0.4) is 0 Å². The zero-order chi connectivity index (χ0) is 8.39. The molecule has 0 amide bonds. The third-order valence-electron chi connectivity index (χ3n) is 1.89. The van der Waals surface area contributed by atoms with Crippen LogP contribution in [0.1, 0.15) is 12.0 Å². The lowest BCUT2D eigenvalue weighted by Crippen LogP contribution is -1.83. The van der Waals surface area contributed by atoms with E-state index >= 15 is 0 Å². The standard InChI is InChI=1S/C10H10NS/c1-2-4-8-5-3-6-9-10(8)11-7-12-9/h3,5-7H,1-2,4H2. The van der Waals surface area contributed by atoms with Crippen molar-refractivity contribution in [2.24, 2.45) is 0 Å². The van der Waals surface area contributed by atoms with Gasteiger partial charge in [0.15, 0.2) is 0 Å². The summed E-state index contributed by atoms with van der Waals surface area (Å²) in [5.41, 5.74) is 4.38. The van der Waals surface area contributed by atoms with E-state index in [9.17, 15) is 0 Å². The van der Waals surface area contributed by atoms with Gasteiger partial charge in [0, 0.05) is 0 Å². The zero-order valence-electron chi connectivity index (χ0n) is 6.79. The maximum absolute atomic E-state index is 4.33. The Kier molecular flexibility index (Phi) is 2.09. The van der Waals surface area contributed by atoms with Crippen LogP contribution < -0.4 is 0 Å². The summed E-state index contributed by atoms with van der Waals surface area (Å²) in [5, 5.41) is 0. The molecule has 1 nitrogen and oxygen atoms in total. The molecule has 2 rings (SSSR count). The van der Waals surface area contributed by atoms with Gasteiger partial charge in [0.05, 0.1) is 15.7 Å². The van der Waals surface area contributed by atoms with Gasteiger partial charge in [-0.15, -0.1) is 11.3 Å². The van der Waals surface area contributed by atoms with Gasteiger partial charge in [0.2, 0.25) is 0 Å². The van der Waals surface area contributed by atoms with Crippen LogP contribution >= 0.6 is 11.3 Å². The first-order valence-electron chi connectivity index (χ1n) is 4.02. The number of aryl methyl sites for hydroxylation is 1. The highest BCUT2D eigenvalue weighted by Gasteiger charge is 2.00. The van der Waals surface area contributed by atoms with Crippen molar-refractivity contribution in [3.63, 3.8) is 0 Å². The largest absolute Gasteiger partial charge is 0.244 e. The van der Waals surface area contributed by atoms with E-state index in [-0.39, 0.29) is 0 Å². The molecule has 1 aromatic heterocycles. The number of nitrogens with zero attached hydrogens (tertiary/aromatic N) is 1. The molecule has 0 aliphatic heterocycles. The Hall–Kier alpha value is -0.890. The van der Waals surface area contributed by atoms with Crippen molar-refractivity contribution >= 4 is 21.6 Å². The third kappa shape index (κ3) is 1.23. The Morgan fingerprint density at radius 2 is 2.33 bits per heavy atom. The molecule has 0 atom stereocenters. The molecule has 2 aromatic rings. The maximum atomic E-state index is 4.33. The average Bonchev–Trinajstić information content (AvgIpc) is 2.53. The molecular formula is C10H10NS. The number of aromatic nitrogens is 1. The average molecular weight is 176 g/mol. The van der Waals surface area contributed by atoms with Gasteiger partial charge >= 0.3 is 0 Å². The topological polar surface area (TPSA) is 12.9 Å². The lowest BCUT2D eigenvalue weighted by molar-refractivity contribution is 1.01. The van der Waals surface area contributed by atoms with Gasteiger partial charge in [-0.25, -0.2) is 4.98 Å². The molecule has 0 aliphatic carbocycles. The zero-order valence-corrected chi connectivity index (χ0v) is 7.60. The molecule has 0 spiro atoms. The van der Waals surface area contributed by atoms with Gasteiger partial charge < -0.3 is 0 Å². The number of hydrogen-bond acceptors (Lipinski definition) is 2. The Morgan fingerprint density at radius 3 is 3.17 bits per heavy atom. The van der Waals surface area contributed by atoms with Crippen molar-refractivity contribution in [2.75, 3.05) is 0 Å². The van der Waals surface area contributed by atoms with Crippen LogP contribution in [-0.4, -0.2) is 4.98 Å². The summed E-state index contributed by atoms with van der Waals surface area (Å²) in [6.07, 6.45) is 1.97. The predicted molar refractivity (Wildman–Crippen MR) is 53.3 cm³/mol. The van der Waals surface area contributed by atoms with Crippen molar-refractivity contribution in [3.05, 3.63) is 36.2 Å². The summed E-state index contributed by atoms with van der Waals surface area (Å²) in [7, 11) is 0. The van der Waals surface area contributed by atoms with E-state index in [1.54, 1.807) is 11.3 Å². The van der Waals surface area contributed by atoms with Crippen LogP contribution in [0.15, 0.2) is 23.7 Å². The number of benzene rings is 1. The summed E-state index contributed by atoms with van der Waals surface area (Å²) in [6, 6.07) is 6.33. The van der Waals surface area contributed by atoms with Crippen LogP contribution in [0.4, 0.5) is 0 Å². The van der Waals surface area contributed by atoms with E-state index < -0.39 is 0 Å². The Balaban J connectivity index is 2.57. The highest BCUT2D eigenvalue weighted by atomic mass is 32.1. The molecule has 1 heterocycles. The molecular weight excluding hydrogens is 166 g/mol. The Morgan fingerprint density at radius 1 is 1.42 bits per heavy atom. The van der Waals surface area contributed by atoms with Gasteiger partial charge in [0.1, 0.15) is 0 Å². The van der Waals surface area contributed by atoms with Gasteiger partial charge in [-0.05, 0) is 24.5 Å². The molecule has 0 bridgehead atoms. The maximum Gasteiger partial charge on any atom is 0.0843 e. The summed E-state index contributed by atoms with van der Waals surface area (Å²) in [5.74, 6) is 0. The number of rotatable bonds is 2. The molecule has 0 saturated heterocycles. The third-order valence-corrected chi connectivity index (χ3v) is 2.68. The highest BCUT2D eigenvalue weighted by molar-refractivity contribution is 7.16. The first-order valence-corrected chi connectivity index (χ1v) is 4.90. The molecule has 12 heavy (non-hydrogen) atoms. The Labute approximate surface area is 76.1 Å². The second kappa shape index (κ2) is 3.23. The lowest BCUT2D eigenvalue weighted by Gasteiger charge is -1.97. The molecule has 61 valence electrons. The van der Waals surface area contributed by atoms with E-state index in [0.717, 1.165) is 18.4 Å². The van der Waals surface area contributed by atoms with Crippen LogP contribution in [0.2, 0.25) is 0 Å². The quantitative estimate of drug-likeness (QED) is 0.685. The van der Waals surface area contributed by atoms with E-state index in [4.69, 9.17) is 0 Å². The van der Waals surface area contributed by atoms with E-state index in [1.165, 1.54) is 10.3 Å². The molecule has 0 fully saturated rings. The fraction of sp³-hybridized carbons (Fsp3) is 0.200. The van der Waals surface area contributed by atoms with Crippen LogP contribution in [0.25, 0.3) is 10.2 Å². The monoisotopic (exact) mass is 176 g/mol. The summed E-state index contributed by atoms with van der Waals surface area (Å²) >= 11 is 1.70. The van der Waals surface area contributed by atoms with Crippen molar-refractivity contribution < 1.29 is 0 Å².